The number of aliphatic hydroxyl groups excluding tert-OH is 1. The zero-order valence-corrected chi connectivity index (χ0v) is 37.4. The van der Waals surface area contributed by atoms with Crippen LogP contribution in [0.25, 0.3) is 0 Å². The fourth-order valence-electron chi connectivity index (χ4n) is 7.12. The first-order valence-corrected chi connectivity index (χ1v) is 21.1. The maximum atomic E-state index is 14.5. The lowest BCUT2D eigenvalue weighted by Gasteiger charge is -2.35. The van der Waals surface area contributed by atoms with Gasteiger partial charge in [-0.15, -0.1) is 0 Å². The monoisotopic (exact) mass is 847 g/mol. The molecular formula is C43H69N5O12. The Labute approximate surface area is 354 Å². The van der Waals surface area contributed by atoms with Crippen LogP contribution in [0.15, 0.2) is 24.3 Å². The summed E-state index contributed by atoms with van der Waals surface area (Å²) >= 11 is 0. The standard InChI is InChI=1S/C43H69N5O12/c1-13-26(6)35-33(49)23-34(50)58-41(25(4)5)60-46-30(21-24(2)3)38(52)48-20-14-15-31(48)39(53)47(11)32(22-28-16-18-29(56-12)19-17-28)40(54)57-27(7)36(37(51)44-35)45-42(55)59-43(8,9)10/h16-19,24-27,30-33,35-36,41,46,49H,13-15,20-23H2,1-12H3,(H,44,51)(H,45,55)/t26-,27+,30-,31-,32-,33-,35+,36-,41+/m0/s1. The average molecular weight is 848 g/mol. The number of hydrogen-bond acceptors (Lipinski definition) is 13. The zero-order valence-electron chi connectivity index (χ0n) is 37.4. The number of benzene rings is 1. The number of ether oxygens (including phenoxy) is 4. The van der Waals surface area contributed by atoms with Crippen molar-refractivity contribution in [1.29, 1.82) is 0 Å². The van der Waals surface area contributed by atoms with Crippen LogP contribution in [0.3, 0.4) is 0 Å². The second-order valence-electron chi connectivity index (χ2n) is 17.7. The van der Waals surface area contributed by atoms with E-state index in [2.05, 4.69) is 16.1 Å². The summed E-state index contributed by atoms with van der Waals surface area (Å²) in [4.78, 5) is 92.6. The van der Waals surface area contributed by atoms with Crippen LogP contribution in [-0.2, 0) is 49.4 Å². The van der Waals surface area contributed by atoms with E-state index < -0.39 is 102 Å². The normalized spacial score (nSPS) is 27.7. The molecule has 4 N–H and O–H groups in total. The predicted octanol–water partition coefficient (Wildman–Crippen LogP) is 3.64. The highest BCUT2D eigenvalue weighted by atomic mass is 16.8. The van der Waals surface area contributed by atoms with Crippen LogP contribution in [0.2, 0.25) is 0 Å². The number of hydrogen-bond donors (Lipinski definition) is 4. The third kappa shape index (κ3) is 14.3. The molecule has 2 heterocycles. The topological polar surface area (TPSA) is 211 Å². The van der Waals surface area contributed by atoms with Crippen molar-refractivity contribution in [2.45, 2.75) is 162 Å². The second-order valence-corrected chi connectivity index (χ2v) is 17.7. The lowest BCUT2D eigenvalue weighted by Crippen LogP contribution is -2.59. The SMILES string of the molecule is CC[C@H](C)[C@H]1NC(=O)[C@@H](NC(=O)OC(C)(C)C)[C@@H](C)OC(=O)[C@H](Cc2ccc(OC)cc2)N(C)C(=O)[C@@H]2CCCN2C(=O)[C@H](CC(C)C)NO[C@H](C(C)C)OC(=O)C[C@@H]1O. The summed E-state index contributed by atoms with van der Waals surface area (Å²) in [5.74, 6) is -3.62. The number of aliphatic hydroxyl groups is 1. The average Bonchev–Trinajstić information content (AvgIpc) is 3.66. The molecule has 0 unspecified atom stereocenters. The molecule has 0 spiro atoms. The summed E-state index contributed by atoms with van der Waals surface area (Å²) < 4.78 is 22.4. The number of esters is 2. The molecule has 0 aliphatic carbocycles. The zero-order chi connectivity index (χ0) is 45.1. The third-order valence-electron chi connectivity index (χ3n) is 10.7. The summed E-state index contributed by atoms with van der Waals surface area (Å²) in [7, 11) is 2.99. The molecule has 2 aliphatic heterocycles. The third-order valence-corrected chi connectivity index (χ3v) is 10.7. The van der Waals surface area contributed by atoms with Crippen molar-refractivity contribution < 1.29 is 57.7 Å². The number of likely N-dealkylation sites (N-methyl/N-ethyl adjacent to an activating group) is 1. The summed E-state index contributed by atoms with van der Waals surface area (Å²) in [6.45, 7) is 17.6. The van der Waals surface area contributed by atoms with Crippen molar-refractivity contribution in [3.05, 3.63) is 29.8 Å². The lowest BCUT2D eigenvalue weighted by molar-refractivity contribution is -0.214. The number of nitrogens with one attached hydrogen (secondary N) is 3. The molecule has 0 saturated carbocycles. The van der Waals surface area contributed by atoms with Gasteiger partial charge in [-0.3, -0.25) is 24.0 Å². The Bertz CT molecular complexity index is 1620. The highest BCUT2D eigenvalue weighted by Crippen LogP contribution is 2.25. The van der Waals surface area contributed by atoms with Crippen molar-refractivity contribution in [3.8, 4) is 5.75 Å². The van der Waals surface area contributed by atoms with Gasteiger partial charge in [-0.25, -0.2) is 9.59 Å². The van der Waals surface area contributed by atoms with Gasteiger partial charge in [0.25, 0.3) is 0 Å². The number of rotatable bonds is 9. The molecule has 0 aromatic heterocycles. The number of cyclic esters (lactones) is 2. The predicted molar refractivity (Wildman–Crippen MR) is 221 cm³/mol. The number of alkyl carbamates (subject to hydrolysis) is 1. The van der Waals surface area contributed by atoms with Gasteiger partial charge in [-0.1, -0.05) is 60.1 Å². The first kappa shape index (κ1) is 49.9. The number of carbonyl (C=O) groups excluding carboxylic acids is 6. The van der Waals surface area contributed by atoms with Gasteiger partial charge in [-0.2, -0.15) is 5.48 Å². The molecule has 17 heteroatoms. The molecule has 2 aliphatic rings. The number of fused-ring (bicyclic) bond motifs is 1. The quantitative estimate of drug-likeness (QED) is 0.207. The van der Waals surface area contributed by atoms with Crippen molar-refractivity contribution in [2.24, 2.45) is 17.8 Å². The van der Waals surface area contributed by atoms with Gasteiger partial charge >= 0.3 is 18.0 Å². The Morgan fingerprint density at radius 2 is 1.67 bits per heavy atom. The van der Waals surface area contributed by atoms with Gasteiger partial charge in [0.15, 0.2) is 0 Å². The highest BCUT2D eigenvalue weighted by molar-refractivity contribution is 5.93. The number of carbonyl (C=O) groups is 6. The number of methoxy groups -OCH3 is 1. The van der Waals surface area contributed by atoms with Gasteiger partial charge in [0.05, 0.1) is 25.7 Å². The number of nitrogens with zero attached hydrogens (tertiary/aromatic N) is 2. The molecule has 1 aromatic rings. The Balaban J connectivity index is 2.16. The molecule has 3 rings (SSSR count). The van der Waals surface area contributed by atoms with E-state index in [9.17, 15) is 33.9 Å². The van der Waals surface area contributed by atoms with Crippen LogP contribution in [-0.4, -0.2) is 126 Å². The van der Waals surface area contributed by atoms with E-state index in [0.717, 1.165) is 0 Å². The Morgan fingerprint density at radius 1 is 1.02 bits per heavy atom. The first-order valence-electron chi connectivity index (χ1n) is 21.1. The molecule has 2 fully saturated rings. The summed E-state index contributed by atoms with van der Waals surface area (Å²) in [6, 6.07) is 1.25. The fourth-order valence-corrected chi connectivity index (χ4v) is 7.12. The summed E-state index contributed by atoms with van der Waals surface area (Å²) in [6.07, 6.45) is -3.85. The lowest BCUT2D eigenvalue weighted by atomic mass is 9.92. The molecule has 4 amide bonds. The maximum absolute atomic E-state index is 14.5. The van der Waals surface area contributed by atoms with Gasteiger partial charge in [0, 0.05) is 25.9 Å². The highest BCUT2D eigenvalue weighted by Gasteiger charge is 2.43. The largest absolute Gasteiger partial charge is 0.497 e. The van der Waals surface area contributed by atoms with Crippen LogP contribution >= 0.6 is 0 Å². The van der Waals surface area contributed by atoms with Crippen molar-refractivity contribution in [2.75, 3.05) is 20.7 Å². The number of amides is 4. The molecule has 338 valence electrons. The van der Waals surface area contributed by atoms with Gasteiger partial charge in [-0.05, 0) is 76.5 Å². The Kier molecular flexibility index (Phi) is 18.6. The van der Waals surface area contributed by atoms with E-state index in [1.807, 2.05) is 20.8 Å². The van der Waals surface area contributed by atoms with Gasteiger partial charge in [0.2, 0.25) is 24.0 Å². The van der Waals surface area contributed by atoms with Crippen molar-refractivity contribution in [3.63, 3.8) is 0 Å². The van der Waals surface area contributed by atoms with Crippen LogP contribution in [0.5, 0.6) is 5.75 Å². The van der Waals surface area contributed by atoms with Gasteiger partial charge < -0.3 is 44.5 Å². The van der Waals surface area contributed by atoms with E-state index in [-0.39, 0.29) is 24.8 Å². The first-order chi connectivity index (χ1) is 28.1. The minimum atomic E-state index is -1.56. The fraction of sp³-hybridized carbons (Fsp3) is 0.721. The Hall–Kier alpha value is -4.48. The van der Waals surface area contributed by atoms with Crippen LogP contribution in [0.4, 0.5) is 4.79 Å². The minimum absolute atomic E-state index is 0.00686. The summed E-state index contributed by atoms with van der Waals surface area (Å²) in [5.41, 5.74) is 2.54. The molecule has 0 radical (unpaired) electrons. The molecule has 60 heavy (non-hydrogen) atoms. The van der Waals surface area contributed by atoms with Crippen LogP contribution < -0.4 is 20.9 Å². The molecule has 1 aromatic carbocycles. The van der Waals surface area contributed by atoms with Gasteiger partial charge in [0.1, 0.15) is 41.6 Å². The molecule has 17 nitrogen and oxygen atoms in total. The summed E-state index contributed by atoms with van der Waals surface area (Å²) in [5, 5.41) is 16.8. The number of hydroxylamine groups is 1. The van der Waals surface area contributed by atoms with E-state index >= 15 is 0 Å². The van der Waals surface area contributed by atoms with E-state index in [0.29, 0.717) is 37.0 Å². The molecular weight excluding hydrogens is 778 g/mol. The molecule has 2 saturated heterocycles. The maximum Gasteiger partial charge on any atom is 0.408 e. The minimum Gasteiger partial charge on any atom is -0.497 e. The second kappa shape index (κ2) is 22.4. The van der Waals surface area contributed by atoms with E-state index in [1.54, 1.807) is 65.8 Å². The van der Waals surface area contributed by atoms with E-state index in [1.165, 1.54) is 30.9 Å². The molecule has 9 atom stereocenters. The van der Waals surface area contributed by atoms with Crippen molar-refractivity contribution in [1.82, 2.24) is 25.9 Å². The van der Waals surface area contributed by atoms with Crippen molar-refractivity contribution >= 4 is 35.8 Å². The Morgan fingerprint density at radius 3 is 2.23 bits per heavy atom. The molecule has 0 bridgehead atoms. The van der Waals surface area contributed by atoms with Crippen LogP contribution in [0, 0.1) is 17.8 Å². The van der Waals surface area contributed by atoms with Crippen LogP contribution in [0.1, 0.15) is 107 Å². The smallest absolute Gasteiger partial charge is 0.408 e. The van der Waals surface area contributed by atoms with E-state index in [4.69, 9.17) is 23.8 Å².